The highest BCUT2D eigenvalue weighted by atomic mass is 19.1. The van der Waals surface area contributed by atoms with Crippen LogP contribution in [0.4, 0.5) is 10.2 Å². The number of aromatic nitrogens is 6. The lowest BCUT2D eigenvalue weighted by Crippen LogP contribution is -2.10. The van der Waals surface area contributed by atoms with Gasteiger partial charge in [0.2, 0.25) is 0 Å². The van der Waals surface area contributed by atoms with E-state index in [0.717, 1.165) is 40.9 Å². The van der Waals surface area contributed by atoms with Crippen molar-refractivity contribution >= 4 is 5.82 Å². The number of nitrogens with zero attached hydrogens (tertiary/aromatic N) is 6. The summed E-state index contributed by atoms with van der Waals surface area (Å²) in [6, 6.07) is 6.93. The molecule has 1 fully saturated rings. The topological polar surface area (TPSA) is 96.7 Å². The van der Waals surface area contributed by atoms with Crippen LogP contribution in [-0.4, -0.2) is 29.8 Å². The molecular weight excluding hydrogens is 409 g/mol. The van der Waals surface area contributed by atoms with Crippen molar-refractivity contribution in [3.8, 4) is 28.3 Å². The third-order valence-corrected chi connectivity index (χ3v) is 6.07. The van der Waals surface area contributed by atoms with Gasteiger partial charge >= 0.3 is 0 Å². The molecule has 1 aliphatic heterocycles. The Morgan fingerprint density at radius 2 is 2.00 bits per heavy atom. The van der Waals surface area contributed by atoms with Gasteiger partial charge in [-0.15, -0.1) is 0 Å². The molecule has 0 unspecified atom stereocenters. The Bertz CT molecular complexity index is 1350. The van der Waals surface area contributed by atoms with Crippen LogP contribution in [0.3, 0.4) is 0 Å². The molecule has 1 aliphatic carbocycles. The molecule has 0 saturated heterocycles. The van der Waals surface area contributed by atoms with Gasteiger partial charge in [-0.25, -0.2) is 9.37 Å². The van der Waals surface area contributed by atoms with Gasteiger partial charge in [-0.2, -0.15) is 20.1 Å². The lowest BCUT2D eigenvalue weighted by atomic mass is 9.96. The Labute approximate surface area is 183 Å². The van der Waals surface area contributed by atoms with E-state index in [4.69, 9.17) is 10.5 Å². The van der Waals surface area contributed by atoms with Gasteiger partial charge in [-0.3, -0.25) is 4.68 Å². The minimum absolute atomic E-state index is 0.287. The van der Waals surface area contributed by atoms with E-state index in [1.54, 1.807) is 24.1 Å². The van der Waals surface area contributed by atoms with Crippen molar-refractivity contribution in [3.05, 3.63) is 59.3 Å². The van der Waals surface area contributed by atoms with Crippen molar-refractivity contribution in [1.82, 2.24) is 29.8 Å². The van der Waals surface area contributed by atoms with Gasteiger partial charge in [0.25, 0.3) is 0 Å². The highest BCUT2D eigenvalue weighted by Gasteiger charge is 2.30. The SMILES string of the molecule is C[C@H]1Oc2cc(cnc2N)-c2c(cnn2C2CC2)Cc2nn(C)nc2-c2ccc(F)cc21. The quantitative estimate of drug-likeness (QED) is 0.492. The zero-order valence-corrected chi connectivity index (χ0v) is 17.8. The zero-order valence-electron chi connectivity index (χ0n) is 17.8. The summed E-state index contributed by atoms with van der Waals surface area (Å²) < 4.78 is 22.5. The number of rotatable bonds is 1. The average molecular weight is 431 g/mol. The maximum Gasteiger partial charge on any atom is 0.166 e. The number of halogens is 1. The summed E-state index contributed by atoms with van der Waals surface area (Å²) in [6.07, 6.45) is 5.91. The predicted molar refractivity (Wildman–Crippen MR) is 116 cm³/mol. The van der Waals surface area contributed by atoms with Crippen LogP contribution in [0, 0.1) is 5.82 Å². The third-order valence-electron chi connectivity index (χ3n) is 6.07. The minimum Gasteiger partial charge on any atom is -0.482 e. The lowest BCUT2D eigenvalue weighted by molar-refractivity contribution is 0.227. The molecule has 4 aromatic rings. The molecule has 3 aromatic heterocycles. The van der Waals surface area contributed by atoms with Crippen molar-refractivity contribution in [2.75, 3.05) is 5.73 Å². The molecule has 6 rings (SSSR count). The van der Waals surface area contributed by atoms with Crippen molar-refractivity contribution in [2.24, 2.45) is 7.05 Å². The Kier molecular flexibility index (Phi) is 4.08. The summed E-state index contributed by atoms with van der Waals surface area (Å²) in [5, 5.41) is 13.9. The molecule has 8 nitrogen and oxygen atoms in total. The first-order valence-electron chi connectivity index (χ1n) is 10.7. The first kappa shape index (κ1) is 19.0. The van der Waals surface area contributed by atoms with Crippen LogP contribution in [0.25, 0.3) is 22.5 Å². The van der Waals surface area contributed by atoms with Crippen LogP contribution in [0.15, 0.2) is 36.7 Å². The molecule has 2 N–H and O–H groups in total. The Morgan fingerprint density at radius 3 is 2.81 bits per heavy atom. The molecular formula is C23H22FN7O. The summed E-state index contributed by atoms with van der Waals surface area (Å²) in [7, 11) is 1.79. The van der Waals surface area contributed by atoms with E-state index in [2.05, 4.69) is 25.0 Å². The van der Waals surface area contributed by atoms with Gasteiger partial charge in [-0.1, -0.05) is 0 Å². The lowest BCUT2D eigenvalue weighted by Gasteiger charge is -2.20. The molecule has 4 heterocycles. The summed E-state index contributed by atoms with van der Waals surface area (Å²) >= 11 is 0. The third kappa shape index (κ3) is 3.04. The largest absolute Gasteiger partial charge is 0.482 e. The molecule has 0 radical (unpaired) electrons. The number of anilines is 1. The second kappa shape index (κ2) is 6.88. The number of hydrogen-bond acceptors (Lipinski definition) is 6. The van der Waals surface area contributed by atoms with E-state index in [9.17, 15) is 4.39 Å². The van der Waals surface area contributed by atoms with Crippen molar-refractivity contribution in [3.63, 3.8) is 0 Å². The molecule has 0 amide bonds. The molecule has 1 aromatic carbocycles. The Balaban J connectivity index is 1.63. The number of ether oxygens (including phenoxy) is 1. The van der Waals surface area contributed by atoms with Crippen molar-refractivity contribution in [1.29, 1.82) is 0 Å². The van der Waals surface area contributed by atoms with Crippen LogP contribution >= 0.6 is 0 Å². The van der Waals surface area contributed by atoms with E-state index in [0.29, 0.717) is 29.5 Å². The zero-order chi connectivity index (χ0) is 22.0. The van der Waals surface area contributed by atoms with Gasteiger partial charge in [-0.05, 0) is 44.0 Å². The average Bonchev–Trinajstić information content (AvgIpc) is 3.43. The van der Waals surface area contributed by atoms with Crippen molar-refractivity contribution < 1.29 is 9.13 Å². The van der Waals surface area contributed by atoms with Crippen LogP contribution in [0.1, 0.15) is 48.7 Å². The fourth-order valence-corrected chi connectivity index (χ4v) is 4.42. The number of nitrogen functional groups attached to an aromatic ring is 1. The van der Waals surface area contributed by atoms with E-state index >= 15 is 0 Å². The number of fused-ring (bicyclic) bond motifs is 7. The molecule has 9 heteroatoms. The molecule has 162 valence electrons. The van der Waals surface area contributed by atoms with E-state index in [-0.39, 0.29) is 11.6 Å². The maximum absolute atomic E-state index is 14.2. The number of aryl methyl sites for hydroxylation is 1. The number of benzene rings is 1. The second-order valence-electron chi connectivity index (χ2n) is 8.45. The van der Waals surface area contributed by atoms with Crippen LogP contribution in [0.2, 0.25) is 0 Å². The van der Waals surface area contributed by atoms with E-state index in [1.807, 2.05) is 19.2 Å². The van der Waals surface area contributed by atoms with Gasteiger partial charge in [0.05, 0.1) is 23.6 Å². The molecule has 2 bridgehead atoms. The highest BCUT2D eigenvalue weighted by molar-refractivity contribution is 5.71. The smallest absolute Gasteiger partial charge is 0.166 e. The first-order chi connectivity index (χ1) is 15.5. The van der Waals surface area contributed by atoms with Gasteiger partial charge in [0, 0.05) is 41.9 Å². The summed E-state index contributed by atoms with van der Waals surface area (Å²) in [5.74, 6) is 0.402. The van der Waals surface area contributed by atoms with Crippen molar-refractivity contribution in [2.45, 2.75) is 38.3 Å². The number of nitrogens with two attached hydrogens (primary N) is 1. The minimum atomic E-state index is -0.484. The summed E-state index contributed by atoms with van der Waals surface area (Å²) in [5.41, 5.74) is 12.0. The molecule has 1 saturated carbocycles. The van der Waals surface area contributed by atoms with E-state index < -0.39 is 6.10 Å². The van der Waals surface area contributed by atoms with Crippen LogP contribution < -0.4 is 10.5 Å². The van der Waals surface area contributed by atoms with Crippen LogP contribution in [0.5, 0.6) is 5.75 Å². The predicted octanol–water partition coefficient (Wildman–Crippen LogP) is 3.84. The molecule has 32 heavy (non-hydrogen) atoms. The number of hydrogen-bond donors (Lipinski definition) is 1. The van der Waals surface area contributed by atoms with E-state index in [1.165, 1.54) is 12.1 Å². The van der Waals surface area contributed by atoms with Gasteiger partial charge < -0.3 is 10.5 Å². The van der Waals surface area contributed by atoms with Gasteiger partial charge in [0.15, 0.2) is 11.6 Å². The molecule has 2 aliphatic rings. The normalized spacial score (nSPS) is 17.4. The maximum atomic E-state index is 14.2. The van der Waals surface area contributed by atoms with Crippen LogP contribution in [-0.2, 0) is 13.5 Å². The Morgan fingerprint density at radius 1 is 1.16 bits per heavy atom. The molecule has 0 spiro atoms. The second-order valence-corrected chi connectivity index (χ2v) is 8.45. The fraction of sp³-hybridized carbons (Fsp3) is 0.304. The standard InChI is InChI=1S/C23H22FN7O/c1-12-18-9-15(24)3-6-17(18)21-19(28-30(2)29-21)7-13-11-27-31(16-4-5-16)22(13)14-8-20(32-12)23(25)26-10-14/h3,6,8-12,16H,4-5,7H2,1-2H3,(H2,25,26)/t12-/m1/s1. The fourth-order valence-electron chi connectivity index (χ4n) is 4.42. The summed E-state index contributed by atoms with van der Waals surface area (Å²) in [4.78, 5) is 5.94. The number of pyridine rings is 1. The molecule has 1 atom stereocenters. The highest BCUT2D eigenvalue weighted by Crippen LogP contribution is 2.42. The summed E-state index contributed by atoms with van der Waals surface area (Å²) in [6.45, 7) is 1.87. The Hall–Kier alpha value is -3.75. The first-order valence-corrected chi connectivity index (χ1v) is 10.7. The van der Waals surface area contributed by atoms with Gasteiger partial charge in [0.1, 0.15) is 17.6 Å². The monoisotopic (exact) mass is 431 g/mol.